The van der Waals surface area contributed by atoms with E-state index in [1.54, 1.807) is 29.2 Å². The second kappa shape index (κ2) is 5.53. The quantitative estimate of drug-likeness (QED) is 0.607. The number of nitrogens with two attached hydrogens (primary N) is 1. The Labute approximate surface area is 106 Å². The Bertz CT molecular complexity index is 442. The predicted molar refractivity (Wildman–Crippen MR) is 68.6 cm³/mol. The van der Waals surface area contributed by atoms with Gasteiger partial charge in [-0.05, 0) is 30.5 Å². The fourth-order valence-corrected chi connectivity index (χ4v) is 2.24. The van der Waals surface area contributed by atoms with Crippen LogP contribution >= 0.6 is 0 Å². The van der Waals surface area contributed by atoms with Crippen LogP contribution in [0.2, 0.25) is 0 Å². The Morgan fingerprint density at radius 3 is 2.72 bits per heavy atom. The number of carbonyl (C=O) groups excluding carboxylic acids is 2. The number of rotatable bonds is 4. The molecule has 5 nitrogen and oxygen atoms in total. The minimum absolute atomic E-state index is 0.0646. The van der Waals surface area contributed by atoms with E-state index in [2.05, 4.69) is 5.32 Å². The highest BCUT2D eigenvalue weighted by Gasteiger charge is 2.27. The third-order valence-corrected chi connectivity index (χ3v) is 3.14. The van der Waals surface area contributed by atoms with E-state index < -0.39 is 6.04 Å². The maximum Gasteiger partial charge on any atom is 0.249 e. The molecule has 2 rings (SSSR count). The van der Waals surface area contributed by atoms with Crippen LogP contribution in [0.25, 0.3) is 0 Å². The van der Waals surface area contributed by atoms with Crippen molar-refractivity contribution in [3.63, 3.8) is 0 Å². The largest absolute Gasteiger partial charge is 0.399 e. The molecule has 1 aromatic rings. The molecule has 0 unspecified atom stereocenters. The molecule has 0 radical (unpaired) electrons. The maximum absolute atomic E-state index is 12.3. The monoisotopic (exact) mass is 247 g/mol. The van der Waals surface area contributed by atoms with Crippen molar-refractivity contribution in [1.29, 1.82) is 0 Å². The first-order chi connectivity index (χ1) is 8.72. The molecule has 1 aromatic carbocycles. The van der Waals surface area contributed by atoms with E-state index >= 15 is 0 Å². The minimum Gasteiger partial charge on any atom is -0.399 e. The van der Waals surface area contributed by atoms with E-state index in [1.807, 2.05) is 0 Å². The molecule has 1 atom stereocenters. The smallest absolute Gasteiger partial charge is 0.249 e. The van der Waals surface area contributed by atoms with Crippen LogP contribution in [0.3, 0.4) is 0 Å². The van der Waals surface area contributed by atoms with Crippen molar-refractivity contribution in [3.05, 3.63) is 29.8 Å². The van der Waals surface area contributed by atoms with Gasteiger partial charge in [-0.1, -0.05) is 12.1 Å². The Morgan fingerprint density at radius 1 is 1.39 bits per heavy atom. The maximum atomic E-state index is 12.3. The second-order valence-electron chi connectivity index (χ2n) is 4.42. The first kappa shape index (κ1) is 12.4. The summed E-state index contributed by atoms with van der Waals surface area (Å²) in [5.41, 5.74) is 7.01. The van der Waals surface area contributed by atoms with Crippen LogP contribution in [-0.2, 0) is 9.59 Å². The normalized spacial score (nSPS) is 16.3. The molecule has 1 aliphatic rings. The number of benzene rings is 1. The molecule has 0 aliphatic carbocycles. The molecule has 1 saturated heterocycles. The Hall–Kier alpha value is -2.04. The van der Waals surface area contributed by atoms with Crippen molar-refractivity contribution < 1.29 is 9.59 Å². The molecular weight excluding hydrogens is 230 g/mol. The molecule has 0 bridgehead atoms. The highest BCUT2D eigenvalue weighted by Crippen LogP contribution is 2.20. The Balaban J connectivity index is 2.21. The molecule has 0 saturated carbocycles. The van der Waals surface area contributed by atoms with Gasteiger partial charge in [0, 0.05) is 18.8 Å². The number of carbonyl (C=O) groups is 2. The average Bonchev–Trinajstić information content (AvgIpc) is 2.89. The molecule has 0 spiro atoms. The minimum atomic E-state index is -0.635. The van der Waals surface area contributed by atoms with Crippen LogP contribution in [0.15, 0.2) is 24.3 Å². The lowest BCUT2D eigenvalue weighted by molar-refractivity contribution is -0.133. The summed E-state index contributed by atoms with van der Waals surface area (Å²) in [7, 11) is 0. The number of anilines is 1. The van der Waals surface area contributed by atoms with Crippen LogP contribution in [0.4, 0.5) is 5.69 Å². The van der Waals surface area contributed by atoms with E-state index in [9.17, 15) is 9.59 Å². The van der Waals surface area contributed by atoms with Gasteiger partial charge in [0.2, 0.25) is 12.3 Å². The van der Waals surface area contributed by atoms with Gasteiger partial charge in [-0.15, -0.1) is 0 Å². The summed E-state index contributed by atoms with van der Waals surface area (Å²) in [6, 6.07) is 6.41. The SMILES string of the molecule is Nc1cccc([C@@H](NC=O)C(=O)N2CCCC2)c1. The number of nitrogens with one attached hydrogen (secondary N) is 1. The molecule has 3 N–H and O–H groups in total. The van der Waals surface area contributed by atoms with Crippen LogP contribution in [-0.4, -0.2) is 30.3 Å². The third kappa shape index (κ3) is 2.61. The van der Waals surface area contributed by atoms with Crippen molar-refractivity contribution in [2.24, 2.45) is 0 Å². The molecule has 1 aliphatic heterocycles. The zero-order chi connectivity index (χ0) is 13.0. The van der Waals surface area contributed by atoms with E-state index in [-0.39, 0.29) is 5.91 Å². The van der Waals surface area contributed by atoms with Gasteiger partial charge in [-0.25, -0.2) is 0 Å². The van der Waals surface area contributed by atoms with Crippen LogP contribution in [0.1, 0.15) is 24.4 Å². The summed E-state index contributed by atoms with van der Waals surface area (Å²) in [6.07, 6.45) is 2.61. The number of hydrogen-bond acceptors (Lipinski definition) is 3. The molecular formula is C13H17N3O2. The fourth-order valence-electron chi connectivity index (χ4n) is 2.24. The summed E-state index contributed by atoms with van der Waals surface area (Å²) in [5.74, 6) is -0.0646. The third-order valence-electron chi connectivity index (χ3n) is 3.14. The zero-order valence-corrected chi connectivity index (χ0v) is 10.1. The first-order valence-corrected chi connectivity index (χ1v) is 6.06. The fraction of sp³-hybridized carbons (Fsp3) is 0.385. The molecule has 1 heterocycles. The molecule has 5 heteroatoms. The van der Waals surface area contributed by atoms with Crippen LogP contribution < -0.4 is 11.1 Å². The molecule has 96 valence electrons. The van der Waals surface area contributed by atoms with Gasteiger partial charge < -0.3 is 16.0 Å². The standard InChI is InChI=1S/C13H17N3O2/c14-11-5-3-4-10(8-11)12(15-9-17)13(18)16-6-1-2-7-16/h3-5,8-9,12H,1-2,6-7,14H2,(H,15,17)/t12-/m1/s1. The number of likely N-dealkylation sites (tertiary alicyclic amines) is 1. The summed E-state index contributed by atoms with van der Waals surface area (Å²) in [5, 5.41) is 2.58. The Morgan fingerprint density at radius 2 is 2.11 bits per heavy atom. The first-order valence-electron chi connectivity index (χ1n) is 6.06. The molecule has 1 fully saturated rings. The van der Waals surface area contributed by atoms with Gasteiger partial charge >= 0.3 is 0 Å². The molecule has 18 heavy (non-hydrogen) atoms. The number of nitrogens with zero attached hydrogens (tertiary/aromatic N) is 1. The molecule has 0 aromatic heterocycles. The average molecular weight is 247 g/mol. The summed E-state index contributed by atoms with van der Waals surface area (Å²) in [4.78, 5) is 24.8. The van der Waals surface area contributed by atoms with Crippen molar-refractivity contribution in [2.75, 3.05) is 18.8 Å². The van der Waals surface area contributed by atoms with Crippen molar-refractivity contribution in [2.45, 2.75) is 18.9 Å². The topological polar surface area (TPSA) is 75.4 Å². The number of hydrogen-bond donors (Lipinski definition) is 2. The van der Waals surface area contributed by atoms with Crippen LogP contribution in [0, 0.1) is 0 Å². The van der Waals surface area contributed by atoms with Gasteiger partial charge in [0.15, 0.2) is 0 Å². The second-order valence-corrected chi connectivity index (χ2v) is 4.42. The predicted octanol–water partition coefficient (Wildman–Crippen LogP) is 0.678. The van der Waals surface area contributed by atoms with Gasteiger partial charge in [0.25, 0.3) is 0 Å². The summed E-state index contributed by atoms with van der Waals surface area (Å²) < 4.78 is 0. The Kier molecular flexibility index (Phi) is 3.82. The van der Waals surface area contributed by atoms with Gasteiger partial charge in [0.1, 0.15) is 6.04 Å². The molecule has 2 amide bonds. The lowest BCUT2D eigenvalue weighted by Gasteiger charge is -2.23. The van der Waals surface area contributed by atoms with Gasteiger partial charge in [0.05, 0.1) is 0 Å². The van der Waals surface area contributed by atoms with Crippen molar-refractivity contribution >= 4 is 18.0 Å². The lowest BCUT2D eigenvalue weighted by Crippen LogP contribution is -2.39. The van der Waals surface area contributed by atoms with E-state index in [4.69, 9.17) is 5.73 Å². The summed E-state index contributed by atoms with van der Waals surface area (Å²) >= 11 is 0. The van der Waals surface area contributed by atoms with Crippen LogP contribution in [0.5, 0.6) is 0 Å². The highest BCUT2D eigenvalue weighted by molar-refractivity contribution is 5.85. The lowest BCUT2D eigenvalue weighted by atomic mass is 10.1. The van der Waals surface area contributed by atoms with E-state index in [1.165, 1.54) is 0 Å². The van der Waals surface area contributed by atoms with E-state index in [0.717, 1.165) is 31.5 Å². The van der Waals surface area contributed by atoms with Crippen molar-refractivity contribution in [1.82, 2.24) is 10.2 Å². The number of nitrogen functional groups attached to an aromatic ring is 1. The number of amides is 2. The summed E-state index contributed by atoms with van der Waals surface area (Å²) in [6.45, 7) is 1.52. The van der Waals surface area contributed by atoms with Crippen molar-refractivity contribution in [3.8, 4) is 0 Å². The van der Waals surface area contributed by atoms with Gasteiger partial charge in [-0.2, -0.15) is 0 Å². The van der Waals surface area contributed by atoms with E-state index in [0.29, 0.717) is 12.1 Å². The zero-order valence-electron chi connectivity index (χ0n) is 10.1. The van der Waals surface area contributed by atoms with Gasteiger partial charge in [-0.3, -0.25) is 9.59 Å². The highest BCUT2D eigenvalue weighted by atomic mass is 16.2.